The molecule has 0 fully saturated rings. The number of amides is 1. The summed E-state index contributed by atoms with van der Waals surface area (Å²) in [6.07, 6.45) is 3.17. The maximum atomic E-state index is 11.6. The smallest absolute Gasteiger partial charge is 0.267 e. The van der Waals surface area contributed by atoms with Gasteiger partial charge in [-0.25, -0.2) is 5.48 Å². The van der Waals surface area contributed by atoms with Gasteiger partial charge in [-0.1, -0.05) is 58.4 Å². The molecule has 0 aliphatic rings. The van der Waals surface area contributed by atoms with Crippen LogP contribution in [0.4, 0.5) is 0 Å². The Hall–Kier alpha value is -1.91. The summed E-state index contributed by atoms with van der Waals surface area (Å²) in [7, 11) is 0. The molecule has 20 heavy (non-hydrogen) atoms. The first kappa shape index (κ1) is 14.5. The molecule has 2 aromatic carbocycles. The number of rotatable bonds is 5. The molecule has 2 aromatic rings. The minimum atomic E-state index is -0.291. The van der Waals surface area contributed by atoms with Crippen molar-refractivity contribution < 1.29 is 9.63 Å². The Labute approximate surface area is 126 Å². The van der Waals surface area contributed by atoms with Crippen molar-refractivity contribution in [3.63, 3.8) is 0 Å². The van der Waals surface area contributed by atoms with Gasteiger partial charge in [0.15, 0.2) is 0 Å². The summed E-state index contributed by atoms with van der Waals surface area (Å²) in [5.41, 5.74) is 4.32. The summed E-state index contributed by atoms with van der Waals surface area (Å²) in [6.45, 7) is 0.345. The van der Waals surface area contributed by atoms with Gasteiger partial charge in [-0.05, 0) is 29.3 Å². The molecule has 0 atom stereocenters. The average molecular weight is 332 g/mol. The van der Waals surface area contributed by atoms with Gasteiger partial charge < -0.3 is 0 Å². The van der Waals surface area contributed by atoms with E-state index in [4.69, 9.17) is 4.84 Å². The Balaban J connectivity index is 1.78. The molecule has 0 bridgehead atoms. The van der Waals surface area contributed by atoms with Gasteiger partial charge >= 0.3 is 0 Å². The molecule has 0 aliphatic heterocycles. The molecule has 2 rings (SSSR count). The molecule has 3 nitrogen and oxygen atoms in total. The normalized spacial score (nSPS) is 10.7. The second-order valence-corrected chi connectivity index (χ2v) is 5.04. The van der Waals surface area contributed by atoms with Crippen LogP contribution in [0.3, 0.4) is 0 Å². The third kappa shape index (κ3) is 4.99. The molecule has 0 aliphatic carbocycles. The Bertz CT molecular complexity index is 596. The highest BCUT2D eigenvalue weighted by Crippen LogP contribution is 2.12. The second kappa shape index (κ2) is 7.62. The Morgan fingerprint density at radius 1 is 1.15 bits per heavy atom. The molecule has 0 saturated heterocycles. The van der Waals surface area contributed by atoms with Crippen molar-refractivity contribution in [1.82, 2.24) is 5.48 Å². The Morgan fingerprint density at radius 3 is 2.70 bits per heavy atom. The van der Waals surface area contributed by atoms with Crippen molar-refractivity contribution in [2.24, 2.45) is 0 Å². The van der Waals surface area contributed by atoms with Crippen LogP contribution >= 0.6 is 15.9 Å². The lowest BCUT2D eigenvalue weighted by Crippen LogP contribution is -2.21. The molecule has 0 heterocycles. The minimum absolute atomic E-state index is 0.291. The van der Waals surface area contributed by atoms with E-state index < -0.39 is 0 Å². The van der Waals surface area contributed by atoms with Crippen molar-refractivity contribution in [1.29, 1.82) is 0 Å². The number of nitrogens with one attached hydrogen (secondary N) is 1. The van der Waals surface area contributed by atoms with Crippen LogP contribution in [0.25, 0.3) is 6.08 Å². The summed E-state index contributed by atoms with van der Waals surface area (Å²) in [4.78, 5) is 16.7. The largest absolute Gasteiger partial charge is 0.269 e. The zero-order chi connectivity index (χ0) is 14.2. The average Bonchev–Trinajstić information content (AvgIpc) is 2.46. The van der Waals surface area contributed by atoms with E-state index >= 15 is 0 Å². The number of carbonyl (C=O) groups excluding carboxylic acids is 1. The molecule has 4 heteroatoms. The number of hydrogen-bond donors (Lipinski definition) is 1. The maximum Gasteiger partial charge on any atom is 0.267 e. The summed E-state index contributed by atoms with van der Waals surface area (Å²) in [5, 5.41) is 0. The lowest BCUT2D eigenvalue weighted by atomic mass is 10.2. The number of hydrogen-bond acceptors (Lipinski definition) is 2. The van der Waals surface area contributed by atoms with Gasteiger partial charge in [0.2, 0.25) is 0 Å². The Morgan fingerprint density at radius 2 is 1.95 bits per heavy atom. The van der Waals surface area contributed by atoms with Gasteiger partial charge in [0.25, 0.3) is 5.91 Å². The van der Waals surface area contributed by atoms with Crippen LogP contribution in [0.5, 0.6) is 0 Å². The zero-order valence-corrected chi connectivity index (χ0v) is 12.3. The van der Waals surface area contributed by atoms with Crippen LogP contribution in [0.1, 0.15) is 11.1 Å². The molecule has 1 N–H and O–H groups in total. The lowest BCUT2D eigenvalue weighted by Gasteiger charge is -2.03. The third-order valence-electron chi connectivity index (χ3n) is 2.53. The monoisotopic (exact) mass is 331 g/mol. The van der Waals surface area contributed by atoms with Crippen LogP contribution in [0.2, 0.25) is 0 Å². The topological polar surface area (TPSA) is 38.3 Å². The molecule has 0 saturated carbocycles. The van der Waals surface area contributed by atoms with Gasteiger partial charge in [0, 0.05) is 10.5 Å². The van der Waals surface area contributed by atoms with Crippen molar-refractivity contribution in [2.75, 3.05) is 0 Å². The van der Waals surface area contributed by atoms with E-state index in [9.17, 15) is 4.79 Å². The molecule has 0 radical (unpaired) electrons. The summed E-state index contributed by atoms with van der Waals surface area (Å²) in [5.74, 6) is -0.291. The van der Waals surface area contributed by atoms with E-state index in [0.29, 0.717) is 6.61 Å². The highest BCUT2D eigenvalue weighted by molar-refractivity contribution is 9.10. The van der Waals surface area contributed by atoms with E-state index in [0.717, 1.165) is 15.6 Å². The number of carbonyl (C=O) groups is 1. The van der Waals surface area contributed by atoms with Crippen LogP contribution in [-0.4, -0.2) is 5.91 Å². The Kier molecular flexibility index (Phi) is 5.53. The van der Waals surface area contributed by atoms with Gasteiger partial charge in [-0.15, -0.1) is 0 Å². The predicted molar refractivity (Wildman–Crippen MR) is 82.5 cm³/mol. The quantitative estimate of drug-likeness (QED) is 0.670. The SMILES string of the molecule is O=C(C=Cc1cccc(Br)c1)NOCc1ccccc1. The molecule has 0 spiro atoms. The fourth-order valence-corrected chi connectivity index (χ4v) is 2.00. The lowest BCUT2D eigenvalue weighted by molar-refractivity contribution is -0.129. The van der Waals surface area contributed by atoms with Crippen molar-refractivity contribution in [3.8, 4) is 0 Å². The molecule has 102 valence electrons. The number of hydroxylamine groups is 1. The standard InChI is InChI=1S/C16H14BrNO2/c17-15-8-4-7-13(11-15)9-10-16(19)18-20-12-14-5-2-1-3-6-14/h1-11H,12H2,(H,18,19). The molecular formula is C16H14BrNO2. The molecule has 1 amide bonds. The van der Waals surface area contributed by atoms with Gasteiger partial charge in [-0.2, -0.15) is 0 Å². The number of halogens is 1. The fourth-order valence-electron chi connectivity index (χ4n) is 1.58. The van der Waals surface area contributed by atoms with E-state index in [1.807, 2.05) is 54.6 Å². The van der Waals surface area contributed by atoms with Crippen molar-refractivity contribution >= 4 is 27.9 Å². The number of benzene rings is 2. The molecule has 0 unspecified atom stereocenters. The maximum absolute atomic E-state index is 11.6. The highest BCUT2D eigenvalue weighted by atomic mass is 79.9. The molecular weight excluding hydrogens is 318 g/mol. The van der Waals surface area contributed by atoms with Crippen LogP contribution in [0.15, 0.2) is 65.1 Å². The summed E-state index contributed by atoms with van der Waals surface area (Å²) >= 11 is 3.38. The van der Waals surface area contributed by atoms with Crippen molar-refractivity contribution in [3.05, 3.63) is 76.3 Å². The first-order valence-corrected chi connectivity index (χ1v) is 6.93. The van der Waals surface area contributed by atoms with E-state index in [1.165, 1.54) is 6.08 Å². The third-order valence-corrected chi connectivity index (χ3v) is 3.02. The highest BCUT2D eigenvalue weighted by Gasteiger charge is 1.96. The zero-order valence-electron chi connectivity index (χ0n) is 10.8. The van der Waals surface area contributed by atoms with Gasteiger partial charge in [0.05, 0.1) is 6.61 Å². The van der Waals surface area contributed by atoms with Crippen molar-refractivity contribution in [2.45, 2.75) is 6.61 Å². The second-order valence-electron chi connectivity index (χ2n) is 4.13. The fraction of sp³-hybridized carbons (Fsp3) is 0.0625. The van der Waals surface area contributed by atoms with E-state index in [2.05, 4.69) is 21.4 Å². The molecule has 0 aromatic heterocycles. The van der Waals surface area contributed by atoms with Gasteiger partial charge in [0.1, 0.15) is 0 Å². The van der Waals surface area contributed by atoms with E-state index in [1.54, 1.807) is 6.08 Å². The minimum Gasteiger partial charge on any atom is -0.269 e. The summed E-state index contributed by atoms with van der Waals surface area (Å²) in [6, 6.07) is 17.3. The first-order chi connectivity index (χ1) is 9.74. The van der Waals surface area contributed by atoms with Crippen LogP contribution < -0.4 is 5.48 Å². The predicted octanol–water partition coefficient (Wildman–Crippen LogP) is 3.71. The van der Waals surface area contributed by atoms with Crippen LogP contribution in [-0.2, 0) is 16.2 Å². The van der Waals surface area contributed by atoms with E-state index in [-0.39, 0.29) is 5.91 Å². The first-order valence-electron chi connectivity index (χ1n) is 6.13. The van der Waals surface area contributed by atoms with Crippen LogP contribution in [0, 0.1) is 0 Å². The summed E-state index contributed by atoms with van der Waals surface area (Å²) < 4.78 is 0.973. The van der Waals surface area contributed by atoms with Gasteiger partial charge in [-0.3, -0.25) is 9.63 Å².